The van der Waals surface area contributed by atoms with Crippen LogP contribution >= 0.6 is 11.6 Å². The molecule has 8 nitrogen and oxygen atoms in total. The third kappa shape index (κ3) is 6.27. The van der Waals surface area contributed by atoms with Crippen molar-refractivity contribution in [3.8, 4) is 11.1 Å². The van der Waals surface area contributed by atoms with Gasteiger partial charge < -0.3 is 15.4 Å². The fourth-order valence-corrected chi connectivity index (χ4v) is 3.46. The zero-order valence-electron chi connectivity index (χ0n) is 18.8. The van der Waals surface area contributed by atoms with Crippen molar-refractivity contribution in [2.24, 2.45) is 0 Å². The predicted molar refractivity (Wildman–Crippen MR) is 132 cm³/mol. The molecule has 178 valence electrons. The van der Waals surface area contributed by atoms with Gasteiger partial charge in [-0.05, 0) is 49.2 Å². The monoisotopic (exact) mass is 492 g/mol. The molecule has 1 aromatic carbocycles. The van der Waals surface area contributed by atoms with Gasteiger partial charge in [0.15, 0.2) is 0 Å². The number of aromatic nitrogens is 4. The molecule has 4 aromatic rings. The van der Waals surface area contributed by atoms with Crippen LogP contribution in [0.2, 0.25) is 5.02 Å². The molecule has 10 heteroatoms. The van der Waals surface area contributed by atoms with Crippen molar-refractivity contribution in [3.05, 3.63) is 89.3 Å². The summed E-state index contributed by atoms with van der Waals surface area (Å²) in [5.41, 5.74) is 3.24. The van der Waals surface area contributed by atoms with Crippen molar-refractivity contribution in [2.75, 3.05) is 23.8 Å². The third-order valence-corrected chi connectivity index (χ3v) is 5.24. The van der Waals surface area contributed by atoms with Crippen LogP contribution in [0.25, 0.3) is 11.1 Å². The van der Waals surface area contributed by atoms with E-state index in [0.717, 1.165) is 5.56 Å². The summed E-state index contributed by atoms with van der Waals surface area (Å²) in [6.07, 6.45) is 8.95. The molecule has 2 N–H and O–H groups in total. The maximum atomic E-state index is 13.5. The molecule has 0 amide bonds. The van der Waals surface area contributed by atoms with Crippen LogP contribution in [0.5, 0.6) is 0 Å². The predicted octanol–water partition coefficient (Wildman–Crippen LogP) is 5.30. The van der Waals surface area contributed by atoms with Crippen molar-refractivity contribution < 1.29 is 13.9 Å². The van der Waals surface area contributed by atoms with Crippen molar-refractivity contribution in [3.63, 3.8) is 0 Å². The smallest absolute Gasteiger partial charge is 0.339 e. The largest absolute Gasteiger partial charge is 0.462 e. The molecular weight excluding hydrogens is 471 g/mol. The van der Waals surface area contributed by atoms with Crippen molar-refractivity contribution >= 4 is 35.0 Å². The molecule has 0 aliphatic carbocycles. The maximum Gasteiger partial charge on any atom is 0.339 e. The number of hydrogen-bond donors (Lipinski definition) is 2. The van der Waals surface area contributed by atoms with Crippen LogP contribution in [-0.4, -0.2) is 39.1 Å². The second kappa shape index (κ2) is 11.3. The first-order valence-corrected chi connectivity index (χ1v) is 11.3. The van der Waals surface area contributed by atoms with Gasteiger partial charge in [-0.2, -0.15) is 4.98 Å². The molecule has 0 radical (unpaired) electrons. The summed E-state index contributed by atoms with van der Waals surface area (Å²) in [4.78, 5) is 29.5. The quantitative estimate of drug-likeness (QED) is 0.303. The Kier molecular flexibility index (Phi) is 7.79. The van der Waals surface area contributed by atoms with Crippen LogP contribution in [0.1, 0.15) is 22.8 Å². The molecule has 0 spiro atoms. The number of carbonyl (C=O) groups excluding carboxylic acids is 1. The summed E-state index contributed by atoms with van der Waals surface area (Å²) in [5, 5.41) is 6.35. The Labute approximate surface area is 206 Å². The number of anilines is 3. The lowest BCUT2D eigenvalue weighted by Crippen LogP contribution is -2.10. The van der Waals surface area contributed by atoms with E-state index in [9.17, 15) is 9.18 Å². The zero-order chi connectivity index (χ0) is 24.6. The molecule has 0 bridgehead atoms. The molecule has 35 heavy (non-hydrogen) atoms. The van der Waals surface area contributed by atoms with Gasteiger partial charge in [0.25, 0.3) is 0 Å². The third-order valence-electron chi connectivity index (χ3n) is 4.95. The van der Waals surface area contributed by atoms with Gasteiger partial charge >= 0.3 is 5.97 Å². The molecule has 0 atom stereocenters. The highest BCUT2D eigenvalue weighted by atomic mass is 35.5. The fraction of sp³-hybridized carbons (Fsp3) is 0.160. The minimum Gasteiger partial charge on any atom is -0.462 e. The molecule has 0 aliphatic rings. The number of halogens is 2. The fourth-order valence-electron chi connectivity index (χ4n) is 3.28. The van der Waals surface area contributed by atoms with Crippen LogP contribution in [0.4, 0.5) is 21.8 Å². The van der Waals surface area contributed by atoms with Gasteiger partial charge in [0.1, 0.15) is 11.6 Å². The van der Waals surface area contributed by atoms with E-state index in [1.807, 2.05) is 12.1 Å². The van der Waals surface area contributed by atoms with Crippen LogP contribution in [0.15, 0.2) is 67.4 Å². The summed E-state index contributed by atoms with van der Waals surface area (Å²) in [5.74, 6) is -0.155. The molecule has 3 aromatic heterocycles. The molecule has 0 fully saturated rings. The Morgan fingerprint density at radius 3 is 2.77 bits per heavy atom. The van der Waals surface area contributed by atoms with Gasteiger partial charge in [-0.25, -0.2) is 14.2 Å². The number of benzene rings is 1. The Balaban J connectivity index is 1.63. The lowest BCUT2D eigenvalue weighted by atomic mass is 10.1. The van der Waals surface area contributed by atoms with E-state index in [1.54, 1.807) is 43.8 Å². The summed E-state index contributed by atoms with van der Waals surface area (Å²) in [6.45, 7) is 2.58. The number of rotatable bonds is 9. The highest BCUT2D eigenvalue weighted by Crippen LogP contribution is 2.28. The number of hydrogen-bond acceptors (Lipinski definition) is 8. The first-order chi connectivity index (χ1) is 17.0. The van der Waals surface area contributed by atoms with Crippen LogP contribution in [0.3, 0.4) is 0 Å². The number of nitrogens with zero attached hydrogens (tertiary/aromatic N) is 4. The topological polar surface area (TPSA) is 102 Å². The van der Waals surface area contributed by atoms with Crippen molar-refractivity contribution in [2.45, 2.75) is 13.3 Å². The maximum absolute atomic E-state index is 13.5. The molecule has 3 heterocycles. The Hall–Kier alpha value is -4.11. The highest BCUT2D eigenvalue weighted by molar-refractivity contribution is 6.31. The molecular formula is C25H22ClFN6O2. The Morgan fingerprint density at radius 1 is 1.11 bits per heavy atom. The lowest BCUT2D eigenvalue weighted by Gasteiger charge is -2.14. The average molecular weight is 493 g/mol. The minimum atomic E-state index is -0.514. The first-order valence-electron chi connectivity index (χ1n) is 10.9. The normalized spacial score (nSPS) is 10.6. The summed E-state index contributed by atoms with van der Waals surface area (Å²) >= 11 is 5.89. The average Bonchev–Trinajstić information content (AvgIpc) is 2.87. The standard InChI is InChI=1S/C25H22ClFN6O2/c1-2-35-24(34)18-10-17(13-29-14-18)20-15-31-25(32-19-5-6-22(27)21(26)11-19)33-23(20)30-9-7-16-4-3-8-28-12-16/h3-6,8,10-15H,2,7,9H2,1H3,(H2,30,31,32,33). The lowest BCUT2D eigenvalue weighted by molar-refractivity contribution is 0.0526. The number of ether oxygens (including phenoxy) is 1. The van der Waals surface area contributed by atoms with E-state index in [-0.39, 0.29) is 17.6 Å². The zero-order valence-corrected chi connectivity index (χ0v) is 19.6. The summed E-state index contributed by atoms with van der Waals surface area (Å²) in [6, 6.07) is 9.82. The van der Waals surface area contributed by atoms with E-state index >= 15 is 0 Å². The molecule has 0 saturated carbocycles. The van der Waals surface area contributed by atoms with Crippen LogP contribution in [0, 0.1) is 5.82 Å². The number of nitrogens with one attached hydrogen (secondary N) is 2. The van der Waals surface area contributed by atoms with Gasteiger partial charge in [0.2, 0.25) is 5.95 Å². The van der Waals surface area contributed by atoms with Gasteiger partial charge in [-0.3, -0.25) is 9.97 Å². The van der Waals surface area contributed by atoms with E-state index in [1.165, 1.54) is 18.3 Å². The number of esters is 1. The number of pyridine rings is 2. The Bertz CT molecular complexity index is 1320. The van der Waals surface area contributed by atoms with Crippen molar-refractivity contribution in [1.29, 1.82) is 0 Å². The minimum absolute atomic E-state index is 0.0108. The molecule has 4 rings (SSSR count). The summed E-state index contributed by atoms with van der Waals surface area (Å²) < 4.78 is 18.6. The molecule has 0 unspecified atom stereocenters. The second-order valence-electron chi connectivity index (χ2n) is 7.43. The van der Waals surface area contributed by atoms with Crippen LogP contribution < -0.4 is 10.6 Å². The van der Waals surface area contributed by atoms with Gasteiger partial charge in [-0.1, -0.05) is 17.7 Å². The van der Waals surface area contributed by atoms with E-state index in [2.05, 4.69) is 30.6 Å². The van der Waals surface area contributed by atoms with E-state index in [4.69, 9.17) is 16.3 Å². The molecule has 0 aliphatic heterocycles. The van der Waals surface area contributed by atoms with Crippen LogP contribution in [-0.2, 0) is 11.2 Å². The highest BCUT2D eigenvalue weighted by Gasteiger charge is 2.14. The second-order valence-corrected chi connectivity index (χ2v) is 7.84. The molecule has 0 saturated heterocycles. The van der Waals surface area contributed by atoms with Crippen molar-refractivity contribution in [1.82, 2.24) is 19.9 Å². The van der Waals surface area contributed by atoms with Gasteiger partial charge in [0.05, 0.1) is 17.2 Å². The Morgan fingerprint density at radius 2 is 2.00 bits per heavy atom. The summed E-state index contributed by atoms with van der Waals surface area (Å²) in [7, 11) is 0. The van der Waals surface area contributed by atoms with E-state index in [0.29, 0.717) is 41.2 Å². The van der Waals surface area contributed by atoms with Gasteiger partial charge in [0, 0.05) is 54.3 Å². The SMILES string of the molecule is CCOC(=O)c1cncc(-c2cnc(Nc3ccc(F)c(Cl)c3)nc2NCCc2cccnc2)c1. The van der Waals surface area contributed by atoms with E-state index < -0.39 is 11.8 Å². The van der Waals surface area contributed by atoms with Gasteiger partial charge in [-0.15, -0.1) is 0 Å². The number of carbonyl (C=O) groups is 1. The first kappa shape index (κ1) is 24.0.